The second kappa shape index (κ2) is 7.61. The van der Waals surface area contributed by atoms with Crippen molar-refractivity contribution in [3.8, 4) is 17.0 Å². The highest BCUT2D eigenvalue weighted by Crippen LogP contribution is 2.30. The van der Waals surface area contributed by atoms with Crippen molar-refractivity contribution in [2.45, 2.75) is 0 Å². The predicted molar refractivity (Wildman–Crippen MR) is 124 cm³/mol. The quantitative estimate of drug-likeness (QED) is 0.374. The second-order valence-electron chi connectivity index (χ2n) is 6.95. The Morgan fingerprint density at radius 1 is 0.867 bits per heavy atom. The van der Waals surface area contributed by atoms with Gasteiger partial charge in [0.1, 0.15) is 5.75 Å². The molecule has 0 bridgehead atoms. The van der Waals surface area contributed by atoms with Crippen LogP contribution in [0.4, 0.5) is 5.13 Å². The van der Waals surface area contributed by atoms with Crippen LogP contribution in [0, 0.1) is 0 Å². The molecule has 1 aromatic heterocycles. The molecule has 0 unspecified atom stereocenters. The summed E-state index contributed by atoms with van der Waals surface area (Å²) in [6.07, 6.45) is 0. The van der Waals surface area contributed by atoms with Gasteiger partial charge in [-0.15, -0.1) is 11.3 Å². The molecule has 30 heavy (non-hydrogen) atoms. The zero-order valence-corrected chi connectivity index (χ0v) is 17.1. The molecule has 0 aliphatic rings. The van der Waals surface area contributed by atoms with Gasteiger partial charge in [-0.05, 0) is 39.7 Å². The van der Waals surface area contributed by atoms with Crippen molar-refractivity contribution in [3.05, 3.63) is 89.8 Å². The first kappa shape index (κ1) is 18.3. The molecule has 0 saturated heterocycles. The highest BCUT2D eigenvalue weighted by atomic mass is 32.1. The van der Waals surface area contributed by atoms with E-state index in [9.17, 15) is 4.79 Å². The lowest BCUT2D eigenvalue weighted by Gasteiger charge is -2.10. The number of nitrogens with zero attached hydrogens (tertiary/aromatic N) is 1. The Labute approximate surface area is 177 Å². The number of anilines is 1. The third kappa shape index (κ3) is 3.40. The number of amides is 1. The molecule has 0 aliphatic heterocycles. The van der Waals surface area contributed by atoms with Gasteiger partial charge in [0.15, 0.2) is 5.13 Å². The summed E-state index contributed by atoms with van der Waals surface area (Å²) >= 11 is 1.41. The van der Waals surface area contributed by atoms with E-state index in [-0.39, 0.29) is 5.91 Å². The largest absolute Gasteiger partial charge is 0.496 e. The van der Waals surface area contributed by atoms with Gasteiger partial charge < -0.3 is 4.74 Å². The summed E-state index contributed by atoms with van der Waals surface area (Å²) in [6, 6.07) is 26.1. The maximum Gasteiger partial charge on any atom is 0.261 e. The molecule has 0 saturated carbocycles. The molecule has 1 heterocycles. The van der Waals surface area contributed by atoms with Crippen LogP contribution in [-0.2, 0) is 0 Å². The first-order valence-corrected chi connectivity index (χ1v) is 10.4. The summed E-state index contributed by atoms with van der Waals surface area (Å²) in [5.74, 6) is 0.300. The van der Waals surface area contributed by atoms with Gasteiger partial charge in [0.2, 0.25) is 0 Å². The van der Waals surface area contributed by atoms with Gasteiger partial charge in [-0.2, -0.15) is 0 Å². The van der Waals surface area contributed by atoms with E-state index in [0.717, 1.165) is 27.4 Å². The van der Waals surface area contributed by atoms with Gasteiger partial charge in [-0.3, -0.25) is 10.1 Å². The van der Waals surface area contributed by atoms with Gasteiger partial charge in [-0.25, -0.2) is 4.98 Å². The number of carbonyl (C=O) groups is 1. The van der Waals surface area contributed by atoms with E-state index in [1.165, 1.54) is 16.7 Å². The second-order valence-corrected chi connectivity index (χ2v) is 7.81. The van der Waals surface area contributed by atoms with Gasteiger partial charge in [-0.1, -0.05) is 60.7 Å². The highest BCUT2D eigenvalue weighted by molar-refractivity contribution is 7.14. The number of ether oxygens (including phenoxy) is 1. The zero-order chi connectivity index (χ0) is 20.5. The Balaban J connectivity index is 1.43. The van der Waals surface area contributed by atoms with Crippen molar-refractivity contribution in [1.82, 2.24) is 4.98 Å². The molecule has 0 radical (unpaired) electrons. The minimum Gasteiger partial charge on any atom is -0.496 e. The third-order valence-electron chi connectivity index (χ3n) is 5.08. The molecule has 5 heteroatoms. The normalized spacial score (nSPS) is 11.0. The first-order valence-electron chi connectivity index (χ1n) is 9.54. The Morgan fingerprint density at radius 2 is 1.53 bits per heavy atom. The third-order valence-corrected chi connectivity index (χ3v) is 5.84. The van der Waals surface area contributed by atoms with Gasteiger partial charge in [0, 0.05) is 10.9 Å². The summed E-state index contributed by atoms with van der Waals surface area (Å²) in [5, 5.41) is 9.79. The van der Waals surface area contributed by atoms with Gasteiger partial charge in [0.25, 0.3) is 5.91 Å². The van der Waals surface area contributed by atoms with E-state index in [4.69, 9.17) is 4.74 Å². The molecule has 1 amide bonds. The molecule has 4 nitrogen and oxygen atoms in total. The van der Waals surface area contributed by atoms with E-state index in [1.54, 1.807) is 7.11 Å². The minimum atomic E-state index is -0.239. The van der Waals surface area contributed by atoms with Crippen molar-refractivity contribution < 1.29 is 9.53 Å². The van der Waals surface area contributed by atoms with E-state index in [2.05, 4.69) is 40.6 Å². The van der Waals surface area contributed by atoms with Crippen LogP contribution in [0.25, 0.3) is 32.8 Å². The van der Waals surface area contributed by atoms with Crippen molar-refractivity contribution in [2.75, 3.05) is 12.4 Å². The average molecular weight is 410 g/mol. The summed E-state index contributed by atoms with van der Waals surface area (Å²) in [7, 11) is 1.57. The van der Waals surface area contributed by atoms with Crippen LogP contribution in [0.2, 0.25) is 0 Å². The Hall–Kier alpha value is -3.70. The molecule has 4 aromatic carbocycles. The average Bonchev–Trinajstić information content (AvgIpc) is 3.26. The zero-order valence-electron chi connectivity index (χ0n) is 16.3. The molecular weight excluding hydrogens is 392 g/mol. The number of thiazole rings is 1. The standard InChI is InChI=1S/C25H18N2O2S/c1-29-23-14-19-9-5-4-8-18(19)13-21(23)24(28)27-25-26-22(15-30-25)20-11-10-16-6-2-3-7-17(16)12-20/h2-15H,1H3,(H,26,27,28). The van der Waals surface area contributed by atoms with Crippen molar-refractivity contribution in [1.29, 1.82) is 0 Å². The van der Waals surface area contributed by atoms with Gasteiger partial charge in [0.05, 0.1) is 18.4 Å². The lowest BCUT2D eigenvalue weighted by atomic mass is 10.1. The van der Waals surface area contributed by atoms with Crippen LogP contribution in [0.3, 0.4) is 0 Å². The molecule has 0 atom stereocenters. The summed E-state index contributed by atoms with van der Waals surface area (Å²) in [4.78, 5) is 17.5. The van der Waals surface area contributed by atoms with Crippen molar-refractivity contribution in [3.63, 3.8) is 0 Å². The molecule has 0 aliphatic carbocycles. The van der Waals surface area contributed by atoms with Crippen LogP contribution in [-0.4, -0.2) is 18.0 Å². The molecular formula is C25H18N2O2S. The maximum atomic E-state index is 12.9. The number of hydrogen-bond donors (Lipinski definition) is 1. The molecule has 146 valence electrons. The van der Waals surface area contributed by atoms with E-state index in [1.807, 2.05) is 53.9 Å². The lowest BCUT2D eigenvalue weighted by Crippen LogP contribution is -2.13. The molecule has 0 fully saturated rings. The fourth-order valence-electron chi connectivity index (χ4n) is 3.54. The number of hydrogen-bond acceptors (Lipinski definition) is 4. The Bertz CT molecular complexity index is 1390. The van der Waals surface area contributed by atoms with E-state index < -0.39 is 0 Å². The topological polar surface area (TPSA) is 51.2 Å². The number of benzene rings is 4. The smallest absolute Gasteiger partial charge is 0.261 e. The SMILES string of the molecule is COc1cc2ccccc2cc1C(=O)Nc1nc(-c2ccc3ccccc3c2)cs1. The first-order chi connectivity index (χ1) is 14.7. The van der Waals surface area contributed by atoms with E-state index in [0.29, 0.717) is 16.4 Å². The molecule has 0 spiro atoms. The fourth-order valence-corrected chi connectivity index (χ4v) is 4.26. The van der Waals surface area contributed by atoms with Crippen LogP contribution < -0.4 is 10.1 Å². The highest BCUT2D eigenvalue weighted by Gasteiger charge is 2.16. The summed E-state index contributed by atoms with van der Waals surface area (Å²) in [5.41, 5.74) is 2.35. The fraction of sp³-hybridized carbons (Fsp3) is 0.0400. The number of methoxy groups -OCH3 is 1. The molecule has 5 aromatic rings. The van der Waals surface area contributed by atoms with Crippen LogP contribution in [0.5, 0.6) is 5.75 Å². The summed E-state index contributed by atoms with van der Waals surface area (Å²) in [6.45, 7) is 0. The maximum absolute atomic E-state index is 12.9. The van der Waals surface area contributed by atoms with Crippen LogP contribution in [0.1, 0.15) is 10.4 Å². The van der Waals surface area contributed by atoms with Crippen molar-refractivity contribution in [2.24, 2.45) is 0 Å². The van der Waals surface area contributed by atoms with Crippen LogP contribution >= 0.6 is 11.3 Å². The number of aromatic nitrogens is 1. The number of rotatable bonds is 4. The minimum absolute atomic E-state index is 0.239. The predicted octanol–water partition coefficient (Wildman–Crippen LogP) is 6.38. The molecule has 5 rings (SSSR count). The van der Waals surface area contributed by atoms with Crippen LogP contribution in [0.15, 0.2) is 84.2 Å². The number of carbonyl (C=O) groups excluding carboxylic acids is 1. The number of fused-ring (bicyclic) bond motifs is 2. The van der Waals surface area contributed by atoms with E-state index >= 15 is 0 Å². The van der Waals surface area contributed by atoms with Gasteiger partial charge >= 0.3 is 0 Å². The monoisotopic (exact) mass is 410 g/mol. The Kier molecular flexibility index (Phi) is 4.65. The lowest BCUT2D eigenvalue weighted by molar-refractivity contribution is 0.102. The van der Waals surface area contributed by atoms with Crippen molar-refractivity contribution >= 4 is 43.9 Å². The molecule has 1 N–H and O–H groups in total. The summed E-state index contributed by atoms with van der Waals surface area (Å²) < 4.78 is 5.45. The Morgan fingerprint density at radius 3 is 2.27 bits per heavy atom. The number of nitrogens with one attached hydrogen (secondary N) is 1.